The van der Waals surface area contributed by atoms with Crippen LogP contribution in [0.4, 0.5) is 0 Å². The molecule has 196 valence electrons. The maximum Gasteiger partial charge on any atom is 0.303 e. The van der Waals surface area contributed by atoms with E-state index in [-0.39, 0.29) is 33.8 Å². The molecule has 0 heterocycles. The fourth-order valence-electron chi connectivity index (χ4n) is 8.32. The van der Waals surface area contributed by atoms with Crippen LogP contribution in [-0.2, 0) is 14.0 Å². The standard InChI is InChI=1S/C27H48O6Si/c1-15(28)32-24-18(29)12-14-27(6)17-11-13-26(5)16(20(17)22(30)23(31)21(24)27)9-10-19(26)33-34(7,8)25(2,3)4/h16-24,29-31H,9-14H2,1-8H3/t16?,17?,18-,19+,20?,21?,22?,23?,24+,26+,27-/m1/s1. The zero-order valence-corrected chi connectivity index (χ0v) is 23.5. The summed E-state index contributed by atoms with van der Waals surface area (Å²) >= 11 is 0. The number of hydrogen-bond acceptors (Lipinski definition) is 6. The van der Waals surface area contributed by atoms with Crippen LogP contribution < -0.4 is 0 Å². The summed E-state index contributed by atoms with van der Waals surface area (Å²) in [5.74, 6) is -0.388. The molecule has 0 aromatic rings. The van der Waals surface area contributed by atoms with Gasteiger partial charge in [0.15, 0.2) is 8.32 Å². The molecule has 0 aromatic heterocycles. The van der Waals surface area contributed by atoms with Gasteiger partial charge >= 0.3 is 5.97 Å². The van der Waals surface area contributed by atoms with Gasteiger partial charge in [0, 0.05) is 12.8 Å². The van der Waals surface area contributed by atoms with Gasteiger partial charge in [-0.1, -0.05) is 34.6 Å². The topological polar surface area (TPSA) is 96.2 Å². The van der Waals surface area contributed by atoms with Crippen LogP contribution in [0.25, 0.3) is 0 Å². The highest BCUT2D eigenvalue weighted by molar-refractivity contribution is 6.74. The van der Waals surface area contributed by atoms with Crippen LogP contribution in [0.15, 0.2) is 0 Å². The summed E-state index contributed by atoms with van der Waals surface area (Å²) in [6.45, 7) is 17.4. The Labute approximate surface area is 206 Å². The molecule has 0 amide bonds. The Morgan fingerprint density at radius 3 is 2.09 bits per heavy atom. The maximum absolute atomic E-state index is 11.8. The second-order valence-electron chi connectivity index (χ2n) is 14.0. The SMILES string of the molecule is CC(=O)O[C@@H]1C2C(O)C(O)C3C(CC[C@@]4(C)C3CC[C@@H]4O[Si](C)(C)C(C)(C)C)[C@@]2(C)CC[C@H]1O. The summed E-state index contributed by atoms with van der Waals surface area (Å²) in [7, 11) is -1.93. The molecule has 7 heteroatoms. The van der Waals surface area contributed by atoms with Crippen molar-refractivity contribution in [1.29, 1.82) is 0 Å². The van der Waals surface area contributed by atoms with Crippen LogP contribution in [0.2, 0.25) is 18.1 Å². The molecule has 4 fully saturated rings. The first kappa shape index (κ1) is 26.6. The fraction of sp³-hybridized carbons (Fsp3) is 0.963. The summed E-state index contributed by atoms with van der Waals surface area (Å²) in [4.78, 5) is 11.8. The Morgan fingerprint density at radius 1 is 0.912 bits per heavy atom. The lowest BCUT2D eigenvalue weighted by atomic mass is 9.43. The minimum absolute atomic E-state index is 0.00348. The lowest BCUT2D eigenvalue weighted by Gasteiger charge is -2.64. The molecule has 0 aliphatic heterocycles. The molecule has 3 N–H and O–H groups in total. The number of rotatable bonds is 3. The molecule has 0 aromatic carbocycles. The van der Waals surface area contributed by atoms with Crippen molar-refractivity contribution in [2.75, 3.05) is 0 Å². The average Bonchev–Trinajstić information content (AvgIpc) is 3.03. The van der Waals surface area contributed by atoms with E-state index in [9.17, 15) is 20.1 Å². The van der Waals surface area contributed by atoms with Gasteiger partial charge in [-0.2, -0.15) is 0 Å². The maximum atomic E-state index is 11.8. The molecule has 4 rings (SSSR count). The molecule has 11 atom stereocenters. The molecule has 4 aliphatic carbocycles. The van der Waals surface area contributed by atoms with Gasteiger partial charge in [0.25, 0.3) is 0 Å². The van der Waals surface area contributed by atoms with Gasteiger partial charge in [0.05, 0.1) is 24.4 Å². The first-order valence-corrected chi connectivity index (χ1v) is 16.3. The Morgan fingerprint density at radius 2 is 1.50 bits per heavy atom. The number of ether oxygens (including phenoxy) is 1. The van der Waals surface area contributed by atoms with Crippen molar-refractivity contribution in [1.82, 2.24) is 0 Å². The summed E-state index contributed by atoms with van der Waals surface area (Å²) in [5, 5.41) is 33.9. The zero-order chi connectivity index (χ0) is 25.4. The number of carbonyl (C=O) groups excluding carboxylic acids is 1. The van der Waals surface area contributed by atoms with Crippen molar-refractivity contribution in [2.45, 2.75) is 129 Å². The van der Waals surface area contributed by atoms with E-state index in [0.29, 0.717) is 12.3 Å². The van der Waals surface area contributed by atoms with Gasteiger partial charge in [0.1, 0.15) is 6.10 Å². The minimum Gasteiger partial charge on any atom is -0.459 e. The molecule has 6 nitrogen and oxygen atoms in total. The molecule has 0 bridgehead atoms. The van der Waals surface area contributed by atoms with Crippen LogP contribution >= 0.6 is 0 Å². The summed E-state index contributed by atoms with van der Waals surface area (Å²) in [6, 6.07) is 0. The Bertz CT molecular complexity index is 794. The van der Waals surface area contributed by atoms with Crippen molar-refractivity contribution >= 4 is 14.3 Å². The molecule has 0 radical (unpaired) electrons. The number of aliphatic hydroxyl groups excluding tert-OH is 3. The number of aliphatic hydroxyl groups is 3. The molecule has 0 saturated heterocycles. The van der Waals surface area contributed by atoms with Crippen molar-refractivity contribution in [2.24, 2.45) is 34.5 Å². The van der Waals surface area contributed by atoms with E-state index < -0.39 is 44.6 Å². The van der Waals surface area contributed by atoms with Crippen LogP contribution in [0.5, 0.6) is 0 Å². The van der Waals surface area contributed by atoms with Gasteiger partial charge in [0.2, 0.25) is 0 Å². The highest BCUT2D eigenvalue weighted by Gasteiger charge is 2.67. The normalized spacial score (nSPS) is 49.1. The van der Waals surface area contributed by atoms with Gasteiger partial charge in [-0.15, -0.1) is 0 Å². The zero-order valence-electron chi connectivity index (χ0n) is 22.5. The lowest BCUT2D eigenvalue weighted by Crippen LogP contribution is -2.68. The Balaban J connectivity index is 1.64. The third kappa shape index (κ3) is 3.92. The predicted octanol–water partition coefficient (Wildman–Crippen LogP) is 4.26. The predicted molar refractivity (Wildman–Crippen MR) is 134 cm³/mol. The summed E-state index contributed by atoms with van der Waals surface area (Å²) < 4.78 is 12.6. The Hall–Kier alpha value is -0.473. The molecule has 4 saturated carbocycles. The highest BCUT2D eigenvalue weighted by atomic mass is 28.4. The molecular weight excluding hydrogens is 448 g/mol. The molecule has 34 heavy (non-hydrogen) atoms. The smallest absolute Gasteiger partial charge is 0.303 e. The number of hydrogen-bond donors (Lipinski definition) is 3. The van der Waals surface area contributed by atoms with E-state index >= 15 is 0 Å². The Kier molecular flexibility index (Phi) is 6.68. The molecule has 6 unspecified atom stereocenters. The van der Waals surface area contributed by atoms with Gasteiger partial charge in [-0.3, -0.25) is 4.79 Å². The van der Waals surface area contributed by atoms with Crippen LogP contribution in [0.3, 0.4) is 0 Å². The fourth-order valence-corrected chi connectivity index (χ4v) is 9.78. The highest BCUT2D eigenvalue weighted by Crippen LogP contribution is 2.67. The quantitative estimate of drug-likeness (QED) is 0.399. The van der Waals surface area contributed by atoms with Crippen molar-refractivity contribution in [3.05, 3.63) is 0 Å². The van der Waals surface area contributed by atoms with Crippen LogP contribution in [0, 0.1) is 34.5 Å². The summed E-state index contributed by atoms with van der Waals surface area (Å²) in [6.07, 6.45) is 2.07. The van der Waals surface area contributed by atoms with E-state index in [0.717, 1.165) is 32.1 Å². The first-order chi connectivity index (χ1) is 15.5. The molecule has 4 aliphatic rings. The molecular formula is C27H48O6Si. The number of esters is 1. The van der Waals surface area contributed by atoms with E-state index in [2.05, 4.69) is 47.7 Å². The van der Waals surface area contributed by atoms with Crippen LogP contribution in [0.1, 0.15) is 80.1 Å². The van der Waals surface area contributed by atoms with E-state index in [4.69, 9.17) is 9.16 Å². The molecule has 0 spiro atoms. The second kappa shape index (κ2) is 8.54. The third-order valence-corrected chi connectivity index (χ3v) is 15.7. The number of fused-ring (bicyclic) bond motifs is 5. The average molecular weight is 497 g/mol. The van der Waals surface area contributed by atoms with Crippen molar-refractivity contribution in [3.8, 4) is 0 Å². The minimum atomic E-state index is -1.93. The van der Waals surface area contributed by atoms with E-state index in [1.807, 2.05) is 0 Å². The van der Waals surface area contributed by atoms with Crippen molar-refractivity contribution < 1.29 is 29.3 Å². The van der Waals surface area contributed by atoms with Gasteiger partial charge in [-0.05, 0) is 85.2 Å². The first-order valence-electron chi connectivity index (χ1n) is 13.4. The second-order valence-corrected chi connectivity index (χ2v) is 18.7. The third-order valence-electron chi connectivity index (χ3n) is 11.2. The van der Waals surface area contributed by atoms with Crippen LogP contribution in [-0.4, -0.2) is 60.1 Å². The van der Waals surface area contributed by atoms with E-state index in [1.165, 1.54) is 6.92 Å². The van der Waals surface area contributed by atoms with Crippen molar-refractivity contribution in [3.63, 3.8) is 0 Å². The summed E-state index contributed by atoms with van der Waals surface area (Å²) in [5.41, 5.74) is -0.299. The monoisotopic (exact) mass is 496 g/mol. The lowest BCUT2D eigenvalue weighted by molar-refractivity contribution is -0.256. The van der Waals surface area contributed by atoms with Gasteiger partial charge in [-0.25, -0.2) is 0 Å². The number of carbonyl (C=O) groups is 1. The van der Waals surface area contributed by atoms with Gasteiger partial charge < -0.3 is 24.5 Å². The largest absolute Gasteiger partial charge is 0.459 e. The van der Waals surface area contributed by atoms with E-state index in [1.54, 1.807) is 0 Å².